The molecular formula is C23H32N2O3. The van der Waals surface area contributed by atoms with Crippen LogP contribution in [0.3, 0.4) is 0 Å². The number of ether oxygens (including phenoxy) is 1. The number of likely N-dealkylation sites (tertiary alicyclic amines) is 1. The van der Waals surface area contributed by atoms with Gasteiger partial charge in [0.15, 0.2) is 0 Å². The van der Waals surface area contributed by atoms with E-state index in [1.54, 1.807) is 7.11 Å². The van der Waals surface area contributed by atoms with Crippen molar-refractivity contribution >= 4 is 16.7 Å². The Hall–Kier alpha value is -2.11. The zero-order valence-electron chi connectivity index (χ0n) is 17.4. The zero-order chi connectivity index (χ0) is 20.3. The molecule has 0 spiro atoms. The number of carbonyl (C=O) groups excluding carboxylic acids is 1. The van der Waals surface area contributed by atoms with Crippen molar-refractivity contribution in [1.82, 2.24) is 9.80 Å². The topological polar surface area (TPSA) is 53.0 Å². The van der Waals surface area contributed by atoms with Gasteiger partial charge in [-0.15, -0.1) is 0 Å². The van der Waals surface area contributed by atoms with Crippen LogP contribution in [0.1, 0.15) is 31.2 Å². The van der Waals surface area contributed by atoms with Crippen molar-refractivity contribution in [3.05, 3.63) is 42.0 Å². The van der Waals surface area contributed by atoms with E-state index in [2.05, 4.69) is 17.0 Å². The van der Waals surface area contributed by atoms with Gasteiger partial charge in [0.1, 0.15) is 5.75 Å². The van der Waals surface area contributed by atoms with E-state index in [4.69, 9.17) is 4.74 Å². The van der Waals surface area contributed by atoms with Crippen molar-refractivity contribution < 1.29 is 14.6 Å². The molecule has 0 aliphatic carbocycles. The molecule has 3 rings (SSSR count). The summed E-state index contributed by atoms with van der Waals surface area (Å²) in [7, 11) is 5.73. The lowest BCUT2D eigenvalue weighted by molar-refractivity contribution is -0.135. The molecule has 2 aromatic rings. The molecule has 5 heteroatoms. The summed E-state index contributed by atoms with van der Waals surface area (Å²) >= 11 is 0. The smallest absolute Gasteiger partial charge is 0.229 e. The number of carbonyl (C=O) groups is 1. The van der Waals surface area contributed by atoms with E-state index in [0.29, 0.717) is 13.1 Å². The molecule has 152 valence electrons. The summed E-state index contributed by atoms with van der Waals surface area (Å²) in [4.78, 5) is 17.2. The molecule has 1 N–H and O–H groups in total. The van der Waals surface area contributed by atoms with Crippen molar-refractivity contribution in [3.63, 3.8) is 0 Å². The van der Waals surface area contributed by atoms with Gasteiger partial charge in [-0.1, -0.05) is 24.3 Å². The molecule has 1 aliphatic rings. The maximum Gasteiger partial charge on any atom is 0.229 e. The molecule has 1 aliphatic heterocycles. The molecule has 1 atom stereocenters. The Morgan fingerprint density at radius 3 is 2.43 bits per heavy atom. The van der Waals surface area contributed by atoms with Crippen molar-refractivity contribution in [3.8, 4) is 5.75 Å². The van der Waals surface area contributed by atoms with Crippen LogP contribution < -0.4 is 4.74 Å². The Kier molecular flexibility index (Phi) is 6.26. The molecule has 0 unspecified atom stereocenters. The lowest BCUT2D eigenvalue weighted by atomic mass is 9.78. The average molecular weight is 385 g/mol. The van der Waals surface area contributed by atoms with Crippen LogP contribution in [0.25, 0.3) is 10.8 Å². The Balaban J connectivity index is 1.70. The first kappa shape index (κ1) is 20.6. The van der Waals surface area contributed by atoms with Crippen LogP contribution in [0.4, 0.5) is 0 Å². The van der Waals surface area contributed by atoms with E-state index in [1.807, 2.05) is 50.2 Å². The van der Waals surface area contributed by atoms with E-state index < -0.39 is 0 Å². The highest BCUT2D eigenvalue weighted by atomic mass is 16.5. The molecule has 0 saturated carbocycles. The number of hydrogen-bond donors (Lipinski definition) is 1. The Labute approximate surface area is 167 Å². The normalized spacial score (nSPS) is 17.7. The molecule has 0 aromatic heterocycles. The third-order valence-corrected chi connectivity index (χ3v) is 6.06. The van der Waals surface area contributed by atoms with Gasteiger partial charge in [-0.25, -0.2) is 0 Å². The van der Waals surface area contributed by atoms with Gasteiger partial charge in [0, 0.05) is 25.0 Å². The summed E-state index contributed by atoms with van der Waals surface area (Å²) in [5.41, 5.74) is 0.945. The fraction of sp³-hybridized carbons (Fsp3) is 0.522. The summed E-state index contributed by atoms with van der Waals surface area (Å²) in [5, 5.41) is 12.1. The van der Waals surface area contributed by atoms with Gasteiger partial charge in [-0.05, 0) is 62.3 Å². The highest BCUT2D eigenvalue weighted by Gasteiger charge is 2.36. The number of methoxy groups -OCH3 is 1. The highest BCUT2D eigenvalue weighted by molar-refractivity contribution is 5.88. The fourth-order valence-corrected chi connectivity index (χ4v) is 4.29. The van der Waals surface area contributed by atoms with Crippen LogP contribution in [-0.4, -0.2) is 68.3 Å². The zero-order valence-corrected chi connectivity index (χ0v) is 17.4. The Morgan fingerprint density at radius 1 is 1.18 bits per heavy atom. The number of nitrogens with zero attached hydrogens (tertiary/aromatic N) is 2. The molecule has 1 amide bonds. The van der Waals surface area contributed by atoms with Gasteiger partial charge in [0.25, 0.3) is 0 Å². The number of piperidine rings is 1. The number of rotatable bonds is 6. The number of benzene rings is 2. The fourth-order valence-electron chi connectivity index (χ4n) is 4.29. The van der Waals surface area contributed by atoms with E-state index >= 15 is 0 Å². The molecule has 1 fully saturated rings. The van der Waals surface area contributed by atoms with Crippen molar-refractivity contribution in [1.29, 1.82) is 0 Å². The highest BCUT2D eigenvalue weighted by Crippen LogP contribution is 2.33. The molecule has 28 heavy (non-hydrogen) atoms. The van der Waals surface area contributed by atoms with Gasteiger partial charge in [-0.2, -0.15) is 0 Å². The SMILES string of the molecule is COc1ccc2cc([C@H](C)C(=O)N3CCC(CO)(CN(C)C)CC3)ccc2c1. The van der Waals surface area contributed by atoms with Crippen molar-refractivity contribution in [2.45, 2.75) is 25.7 Å². The predicted molar refractivity (Wildman–Crippen MR) is 113 cm³/mol. The second-order valence-corrected chi connectivity index (χ2v) is 8.42. The lowest BCUT2D eigenvalue weighted by Crippen LogP contribution is -2.49. The first-order valence-corrected chi connectivity index (χ1v) is 9.99. The molecule has 0 bridgehead atoms. The van der Waals surface area contributed by atoms with E-state index in [-0.39, 0.29) is 23.8 Å². The summed E-state index contributed by atoms with van der Waals surface area (Å²) in [6, 6.07) is 12.2. The van der Waals surface area contributed by atoms with Gasteiger partial charge in [0.05, 0.1) is 19.6 Å². The van der Waals surface area contributed by atoms with Gasteiger partial charge >= 0.3 is 0 Å². The summed E-state index contributed by atoms with van der Waals surface area (Å²) in [5.74, 6) is 0.828. The van der Waals surface area contributed by atoms with Gasteiger partial charge in [-0.3, -0.25) is 4.79 Å². The first-order chi connectivity index (χ1) is 13.4. The molecule has 1 saturated heterocycles. The summed E-state index contributed by atoms with van der Waals surface area (Å²) < 4.78 is 5.29. The molecular weight excluding hydrogens is 352 g/mol. The number of hydrogen-bond acceptors (Lipinski definition) is 4. The van der Waals surface area contributed by atoms with E-state index in [0.717, 1.165) is 41.5 Å². The minimum Gasteiger partial charge on any atom is -0.497 e. The number of fused-ring (bicyclic) bond motifs is 1. The van der Waals surface area contributed by atoms with Crippen LogP contribution in [0.15, 0.2) is 36.4 Å². The summed E-state index contributed by atoms with van der Waals surface area (Å²) in [6.45, 7) is 4.44. The number of aliphatic hydroxyl groups excluding tert-OH is 1. The summed E-state index contributed by atoms with van der Waals surface area (Å²) in [6.07, 6.45) is 1.69. The van der Waals surface area contributed by atoms with E-state index in [1.165, 1.54) is 0 Å². The second-order valence-electron chi connectivity index (χ2n) is 8.42. The van der Waals surface area contributed by atoms with Gasteiger partial charge in [0.2, 0.25) is 5.91 Å². The maximum absolute atomic E-state index is 13.1. The van der Waals surface area contributed by atoms with Gasteiger partial charge < -0.3 is 19.6 Å². The minimum atomic E-state index is -0.179. The minimum absolute atomic E-state index is 0.0917. The van der Waals surface area contributed by atoms with Crippen LogP contribution >= 0.6 is 0 Å². The largest absolute Gasteiger partial charge is 0.497 e. The number of amides is 1. The molecule has 2 aromatic carbocycles. The standard InChI is InChI=1S/C23H32N2O3/c1-17(18-5-6-20-14-21(28-4)8-7-19(20)13-18)22(27)25-11-9-23(16-26,10-12-25)15-24(2)3/h5-8,13-14,17,26H,9-12,15-16H2,1-4H3/t17-/m0/s1. The molecule has 1 heterocycles. The molecule has 0 radical (unpaired) electrons. The number of aliphatic hydroxyl groups is 1. The van der Waals surface area contributed by atoms with Crippen molar-refractivity contribution in [2.24, 2.45) is 5.41 Å². The second kappa shape index (κ2) is 8.50. The van der Waals surface area contributed by atoms with Crippen LogP contribution in [-0.2, 0) is 4.79 Å². The third kappa shape index (κ3) is 4.31. The maximum atomic E-state index is 13.1. The predicted octanol–water partition coefficient (Wildman–Crippen LogP) is 3.11. The Bertz CT molecular complexity index is 826. The van der Waals surface area contributed by atoms with Crippen LogP contribution in [0, 0.1) is 5.41 Å². The Morgan fingerprint density at radius 2 is 1.82 bits per heavy atom. The van der Waals surface area contributed by atoms with Crippen LogP contribution in [0.5, 0.6) is 5.75 Å². The van der Waals surface area contributed by atoms with E-state index in [9.17, 15) is 9.90 Å². The van der Waals surface area contributed by atoms with Crippen LogP contribution in [0.2, 0.25) is 0 Å². The lowest BCUT2D eigenvalue weighted by Gasteiger charge is -2.42. The quantitative estimate of drug-likeness (QED) is 0.831. The monoisotopic (exact) mass is 384 g/mol. The average Bonchev–Trinajstić information content (AvgIpc) is 2.72. The molecule has 5 nitrogen and oxygen atoms in total. The third-order valence-electron chi connectivity index (χ3n) is 6.06. The first-order valence-electron chi connectivity index (χ1n) is 9.99. The van der Waals surface area contributed by atoms with Crippen molar-refractivity contribution in [2.75, 3.05) is 47.4 Å².